The number of furan rings is 1. The van der Waals surface area contributed by atoms with Gasteiger partial charge in [-0.2, -0.15) is 0 Å². The maximum Gasteiger partial charge on any atom is 0.136 e. The van der Waals surface area contributed by atoms with Gasteiger partial charge in [0.15, 0.2) is 0 Å². The molecule has 6 aromatic rings. The molecule has 3 aromatic heterocycles. The molecule has 0 saturated carbocycles. The molecular formula is C31H30N2OS. The summed E-state index contributed by atoms with van der Waals surface area (Å²) in [4.78, 5) is 10.6. The number of rotatable bonds is 3. The van der Waals surface area contributed by atoms with E-state index in [9.17, 15) is 0 Å². The van der Waals surface area contributed by atoms with E-state index in [-0.39, 0.29) is 5.41 Å². The largest absolute Gasteiger partial charge is 0.461 e. The minimum Gasteiger partial charge on any atom is -0.461 e. The minimum atomic E-state index is 0.0186. The lowest BCUT2D eigenvalue weighted by Crippen LogP contribution is -2.12. The van der Waals surface area contributed by atoms with Gasteiger partial charge in [0.2, 0.25) is 0 Å². The van der Waals surface area contributed by atoms with Crippen molar-refractivity contribution in [2.45, 2.75) is 53.4 Å². The summed E-state index contributed by atoms with van der Waals surface area (Å²) in [6.07, 6.45) is 2.72. The van der Waals surface area contributed by atoms with E-state index in [1.807, 2.05) is 0 Å². The lowest BCUT2D eigenvalue weighted by molar-refractivity contribution is 0.560. The van der Waals surface area contributed by atoms with E-state index < -0.39 is 0 Å². The van der Waals surface area contributed by atoms with Crippen molar-refractivity contribution in [3.8, 4) is 11.3 Å². The fourth-order valence-corrected chi connectivity index (χ4v) is 6.37. The molecule has 0 radical (unpaired) electrons. The van der Waals surface area contributed by atoms with Crippen LogP contribution in [0, 0.1) is 12.8 Å². The van der Waals surface area contributed by atoms with Crippen molar-refractivity contribution in [3.63, 3.8) is 0 Å². The molecular weight excluding hydrogens is 448 g/mol. The molecule has 6 rings (SSSR count). The molecule has 0 unspecified atom stereocenters. The summed E-state index contributed by atoms with van der Waals surface area (Å²) in [5.41, 5.74) is 5.78. The molecule has 0 aliphatic rings. The predicted octanol–water partition coefficient (Wildman–Crippen LogP) is 9.22. The zero-order valence-electron chi connectivity index (χ0n) is 21.2. The van der Waals surface area contributed by atoms with Gasteiger partial charge in [-0.1, -0.05) is 58.9 Å². The molecule has 0 fully saturated rings. The van der Waals surface area contributed by atoms with Crippen LogP contribution in [0.2, 0.25) is 0 Å². The normalized spacial score (nSPS) is 12.7. The minimum absolute atomic E-state index is 0.0186. The van der Waals surface area contributed by atoms with Gasteiger partial charge in [-0.3, -0.25) is 0 Å². The molecule has 3 heterocycles. The Balaban J connectivity index is 1.67. The third kappa shape index (κ3) is 3.63. The smallest absolute Gasteiger partial charge is 0.136 e. The van der Waals surface area contributed by atoms with E-state index in [1.165, 1.54) is 37.4 Å². The lowest BCUT2D eigenvalue weighted by atomic mass is 9.82. The summed E-state index contributed by atoms with van der Waals surface area (Å²) in [7, 11) is 0. The van der Waals surface area contributed by atoms with E-state index in [1.54, 1.807) is 17.7 Å². The molecule has 0 aliphatic carbocycles. The molecule has 3 nitrogen and oxygen atoms in total. The van der Waals surface area contributed by atoms with Gasteiger partial charge in [0.25, 0.3) is 0 Å². The number of benzene rings is 3. The Labute approximate surface area is 209 Å². The zero-order valence-corrected chi connectivity index (χ0v) is 22.0. The Kier molecular flexibility index (Phi) is 5.01. The summed E-state index contributed by atoms with van der Waals surface area (Å²) in [6, 6.07) is 17.8. The molecule has 0 spiro atoms. The first-order valence-electron chi connectivity index (χ1n) is 12.3. The topological polar surface area (TPSA) is 38.9 Å². The van der Waals surface area contributed by atoms with Crippen LogP contribution in [0.5, 0.6) is 0 Å². The molecule has 0 amide bonds. The highest BCUT2D eigenvalue weighted by Crippen LogP contribution is 2.43. The molecule has 3 aromatic carbocycles. The van der Waals surface area contributed by atoms with Gasteiger partial charge in [-0.25, -0.2) is 9.97 Å². The van der Waals surface area contributed by atoms with Crippen LogP contribution in [-0.4, -0.2) is 9.97 Å². The SMILES string of the molecule is Cc1oc2cc3sc4ncnc(-c5cc(C(C)(C)C)c6ccccc6c5)c4c3cc2c1CC(C)C. The van der Waals surface area contributed by atoms with Crippen LogP contribution in [0.25, 0.3) is 53.3 Å². The van der Waals surface area contributed by atoms with Gasteiger partial charge < -0.3 is 4.42 Å². The first kappa shape index (κ1) is 22.2. The Bertz CT molecular complexity index is 1750. The van der Waals surface area contributed by atoms with E-state index >= 15 is 0 Å². The van der Waals surface area contributed by atoms with Crippen molar-refractivity contribution in [2.24, 2.45) is 5.92 Å². The Morgan fingerprint density at radius 1 is 0.943 bits per heavy atom. The second-order valence-corrected chi connectivity index (χ2v) is 12.1. The Hall–Kier alpha value is -3.24. The van der Waals surface area contributed by atoms with E-state index in [4.69, 9.17) is 9.40 Å². The van der Waals surface area contributed by atoms with Gasteiger partial charge in [0.1, 0.15) is 22.5 Å². The van der Waals surface area contributed by atoms with Crippen LogP contribution in [0.15, 0.2) is 59.3 Å². The average Bonchev–Trinajstić information content (AvgIpc) is 3.32. The molecule has 0 atom stereocenters. The molecule has 0 saturated heterocycles. The summed E-state index contributed by atoms with van der Waals surface area (Å²) in [6.45, 7) is 13.4. The zero-order chi connectivity index (χ0) is 24.5. The molecule has 0 N–H and O–H groups in total. The molecule has 4 heteroatoms. The van der Waals surface area contributed by atoms with Gasteiger partial charge >= 0.3 is 0 Å². The Morgan fingerprint density at radius 2 is 1.74 bits per heavy atom. The maximum absolute atomic E-state index is 6.19. The number of fused-ring (bicyclic) bond motifs is 5. The Morgan fingerprint density at radius 3 is 2.51 bits per heavy atom. The fourth-order valence-electron chi connectivity index (χ4n) is 5.32. The van der Waals surface area contributed by atoms with Crippen molar-refractivity contribution >= 4 is 53.4 Å². The van der Waals surface area contributed by atoms with Crippen molar-refractivity contribution in [1.29, 1.82) is 0 Å². The maximum atomic E-state index is 6.19. The summed E-state index contributed by atoms with van der Waals surface area (Å²) in [5, 5.41) is 6.11. The van der Waals surface area contributed by atoms with Crippen LogP contribution in [0.3, 0.4) is 0 Å². The van der Waals surface area contributed by atoms with Gasteiger partial charge in [-0.15, -0.1) is 11.3 Å². The van der Waals surface area contributed by atoms with Gasteiger partial charge in [-0.05, 0) is 65.3 Å². The second-order valence-electron chi connectivity index (χ2n) is 11.1. The standard InChI is InChI=1S/C31H30N2OS/c1-17(2)11-22-18(3)34-26-15-27-24(14-23(22)26)28-29(32-16-33-30(28)35-27)20-12-19-9-7-8-10-21(19)25(13-20)31(4,5)6/h7-10,12-17H,11H2,1-6H3. The van der Waals surface area contributed by atoms with Crippen molar-refractivity contribution < 1.29 is 4.42 Å². The van der Waals surface area contributed by atoms with Crippen molar-refractivity contribution in [1.82, 2.24) is 9.97 Å². The highest BCUT2D eigenvalue weighted by molar-refractivity contribution is 7.25. The van der Waals surface area contributed by atoms with E-state index in [0.29, 0.717) is 5.92 Å². The van der Waals surface area contributed by atoms with Crippen LogP contribution in [0.4, 0.5) is 0 Å². The quantitative estimate of drug-likeness (QED) is 0.254. The van der Waals surface area contributed by atoms with Crippen molar-refractivity contribution in [2.75, 3.05) is 0 Å². The van der Waals surface area contributed by atoms with Crippen molar-refractivity contribution in [3.05, 3.63) is 71.7 Å². The first-order chi connectivity index (χ1) is 16.7. The average molecular weight is 479 g/mol. The number of hydrogen-bond acceptors (Lipinski definition) is 4. The highest BCUT2D eigenvalue weighted by Gasteiger charge is 2.22. The fraction of sp³-hybridized carbons (Fsp3) is 0.290. The van der Waals surface area contributed by atoms with Crippen LogP contribution < -0.4 is 0 Å². The number of thiophene rings is 1. The third-order valence-electron chi connectivity index (χ3n) is 6.94. The molecule has 0 aliphatic heterocycles. The number of aryl methyl sites for hydroxylation is 1. The lowest BCUT2D eigenvalue weighted by Gasteiger charge is -2.22. The predicted molar refractivity (Wildman–Crippen MR) is 150 cm³/mol. The second kappa shape index (κ2) is 7.89. The molecule has 35 heavy (non-hydrogen) atoms. The summed E-state index contributed by atoms with van der Waals surface area (Å²) >= 11 is 1.72. The summed E-state index contributed by atoms with van der Waals surface area (Å²) in [5.74, 6) is 1.59. The first-order valence-corrected chi connectivity index (χ1v) is 13.1. The summed E-state index contributed by atoms with van der Waals surface area (Å²) < 4.78 is 7.38. The third-order valence-corrected chi connectivity index (χ3v) is 8.00. The van der Waals surface area contributed by atoms with Crippen LogP contribution in [-0.2, 0) is 11.8 Å². The van der Waals surface area contributed by atoms with Gasteiger partial charge in [0, 0.05) is 32.0 Å². The molecule has 176 valence electrons. The molecule has 0 bridgehead atoms. The van der Waals surface area contributed by atoms with Gasteiger partial charge in [0.05, 0.1) is 5.69 Å². The van der Waals surface area contributed by atoms with Crippen LogP contribution >= 0.6 is 11.3 Å². The highest BCUT2D eigenvalue weighted by atomic mass is 32.1. The monoisotopic (exact) mass is 478 g/mol. The number of nitrogens with zero attached hydrogens (tertiary/aromatic N) is 2. The van der Waals surface area contributed by atoms with E-state index in [0.717, 1.165) is 39.2 Å². The number of hydrogen-bond donors (Lipinski definition) is 0. The van der Waals surface area contributed by atoms with Crippen LogP contribution in [0.1, 0.15) is 51.5 Å². The number of aromatic nitrogens is 2. The van der Waals surface area contributed by atoms with E-state index in [2.05, 4.69) is 95.1 Å².